The van der Waals surface area contributed by atoms with Crippen molar-refractivity contribution in [3.05, 3.63) is 46.2 Å². The van der Waals surface area contributed by atoms with E-state index in [-0.39, 0.29) is 5.69 Å². The number of guanidine groups is 1. The van der Waals surface area contributed by atoms with Crippen LogP contribution >= 0.6 is 0 Å². The molecule has 1 atom stereocenters. The number of nitro benzene ring substituents is 1. The minimum Gasteiger partial charge on any atom is -0.330 e. The van der Waals surface area contributed by atoms with E-state index in [0.29, 0.717) is 5.96 Å². The Labute approximate surface area is 142 Å². The molecule has 3 N–H and O–H groups in total. The fourth-order valence-corrected chi connectivity index (χ4v) is 2.71. The molecule has 1 aromatic rings. The van der Waals surface area contributed by atoms with Crippen molar-refractivity contribution in [1.29, 1.82) is 0 Å². The number of rotatable bonds is 7. The lowest BCUT2D eigenvalue weighted by atomic mass is 10.0. The molecule has 24 heavy (non-hydrogen) atoms. The summed E-state index contributed by atoms with van der Waals surface area (Å²) in [4.78, 5) is 15.1. The molecule has 0 radical (unpaired) electrons. The van der Waals surface area contributed by atoms with E-state index in [2.05, 4.69) is 42.8 Å². The van der Waals surface area contributed by atoms with Gasteiger partial charge in [0.15, 0.2) is 0 Å². The van der Waals surface area contributed by atoms with Gasteiger partial charge in [-0.05, 0) is 37.6 Å². The van der Waals surface area contributed by atoms with Crippen LogP contribution in [0.4, 0.5) is 11.4 Å². The van der Waals surface area contributed by atoms with Crippen LogP contribution < -0.4 is 16.0 Å². The summed E-state index contributed by atoms with van der Waals surface area (Å²) < 4.78 is 0. The fourth-order valence-electron chi connectivity index (χ4n) is 2.71. The number of nitrogens with zero attached hydrogens (tertiary/aromatic N) is 2. The Bertz CT molecular complexity index is 639. The molecule has 0 bridgehead atoms. The smallest absolute Gasteiger partial charge is 0.269 e. The van der Waals surface area contributed by atoms with E-state index in [0.717, 1.165) is 37.2 Å². The molecule has 1 unspecified atom stereocenters. The van der Waals surface area contributed by atoms with E-state index in [1.54, 1.807) is 12.1 Å². The van der Waals surface area contributed by atoms with E-state index in [9.17, 15) is 10.1 Å². The number of hydrogen-bond donors (Lipinski definition) is 3. The second kappa shape index (κ2) is 7.92. The van der Waals surface area contributed by atoms with Gasteiger partial charge >= 0.3 is 0 Å². The average molecular weight is 331 g/mol. The Morgan fingerprint density at radius 2 is 1.96 bits per heavy atom. The van der Waals surface area contributed by atoms with Gasteiger partial charge in [0.25, 0.3) is 5.69 Å². The summed E-state index contributed by atoms with van der Waals surface area (Å²) in [5.74, 6) is 0.651. The van der Waals surface area contributed by atoms with Gasteiger partial charge in [-0.25, -0.2) is 4.99 Å². The number of allylic oxidation sites excluding steroid dienone is 1. The topological polar surface area (TPSA) is 91.6 Å². The highest BCUT2D eigenvalue weighted by Gasteiger charge is 2.28. The Morgan fingerprint density at radius 3 is 2.50 bits per heavy atom. The molecule has 1 aliphatic heterocycles. The highest BCUT2D eigenvalue weighted by atomic mass is 16.6. The van der Waals surface area contributed by atoms with Gasteiger partial charge in [0, 0.05) is 23.5 Å². The molecule has 0 amide bonds. The molecule has 130 valence electrons. The summed E-state index contributed by atoms with van der Waals surface area (Å²) in [5, 5.41) is 20.7. The van der Waals surface area contributed by atoms with Crippen LogP contribution in [-0.4, -0.2) is 23.1 Å². The third kappa shape index (κ3) is 4.32. The van der Waals surface area contributed by atoms with Crippen LogP contribution in [0.3, 0.4) is 0 Å². The lowest BCUT2D eigenvalue weighted by Crippen LogP contribution is -2.48. The van der Waals surface area contributed by atoms with Crippen molar-refractivity contribution in [2.45, 2.75) is 45.7 Å². The first-order valence-corrected chi connectivity index (χ1v) is 8.37. The highest BCUT2D eigenvalue weighted by Crippen LogP contribution is 2.23. The van der Waals surface area contributed by atoms with Gasteiger partial charge in [0.05, 0.1) is 4.92 Å². The van der Waals surface area contributed by atoms with Crippen molar-refractivity contribution >= 4 is 17.3 Å². The largest absolute Gasteiger partial charge is 0.330 e. The molecule has 0 aromatic heterocycles. The predicted octanol–water partition coefficient (Wildman–Crippen LogP) is 3.37. The third-order valence-electron chi connectivity index (χ3n) is 3.89. The lowest BCUT2D eigenvalue weighted by Gasteiger charge is -2.33. The van der Waals surface area contributed by atoms with E-state index < -0.39 is 10.6 Å². The van der Waals surface area contributed by atoms with Crippen LogP contribution in [0.2, 0.25) is 0 Å². The van der Waals surface area contributed by atoms with E-state index in [4.69, 9.17) is 4.99 Å². The van der Waals surface area contributed by atoms with Gasteiger partial charge in [-0.1, -0.05) is 27.2 Å². The van der Waals surface area contributed by atoms with Gasteiger partial charge in [0.2, 0.25) is 5.96 Å². The monoisotopic (exact) mass is 331 g/mol. The zero-order chi connectivity index (χ0) is 17.6. The zero-order valence-corrected chi connectivity index (χ0v) is 14.4. The van der Waals surface area contributed by atoms with Gasteiger partial charge in [-0.15, -0.1) is 0 Å². The fraction of sp³-hybridized carbons (Fsp3) is 0.471. The van der Waals surface area contributed by atoms with Crippen molar-refractivity contribution in [3.8, 4) is 0 Å². The van der Waals surface area contributed by atoms with E-state index in [1.807, 2.05) is 0 Å². The van der Waals surface area contributed by atoms with Crippen molar-refractivity contribution in [3.63, 3.8) is 0 Å². The molecule has 1 heterocycles. The summed E-state index contributed by atoms with van der Waals surface area (Å²) in [6.45, 7) is 7.11. The number of non-ortho nitro benzene ring substituents is 1. The number of nitro groups is 1. The maximum absolute atomic E-state index is 10.7. The second-order valence-electron chi connectivity index (χ2n) is 5.74. The molecular weight excluding hydrogens is 306 g/mol. The van der Waals surface area contributed by atoms with Crippen molar-refractivity contribution in [1.82, 2.24) is 10.6 Å². The molecule has 7 nitrogen and oxygen atoms in total. The summed E-state index contributed by atoms with van der Waals surface area (Å²) in [6.07, 6.45) is 4.96. The molecule has 7 heteroatoms. The Hall–Kier alpha value is -2.41. The number of aliphatic imine (C=N–C) groups is 1. The SMILES string of the molecule is CCCC1=CC(CC)(NCC)N=C(Nc2ccc([N+](=O)[O-])cc2)N1. The molecule has 2 rings (SSSR count). The third-order valence-corrected chi connectivity index (χ3v) is 3.89. The summed E-state index contributed by atoms with van der Waals surface area (Å²) in [5.41, 5.74) is 1.53. The first-order chi connectivity index (χ1) is 11.5. The maximum Gasteiger partial charge on any atom is 0.269 e. The number of hydrogen-bond acceptors (Lipinski definition) is 6. The van der Waals surface area contributed by atoms with Crippen LogP contribution in [0, 0.1) is 10.1 Å². The minimum atomic E-state index is -0.423. The molecule has 0 fully saturated rings. The van der Waals surface area contributed by atoms with Crippen LogP contribution in [0.25, 0.3) is 0 Å². The molecule has 0 saturated heterocycles. The van der Waals surface area contributed by atoms with Gasteiger partial charge in [0.1, 0.15) is 5.66 Å². The van der Waals surface area contributed by atoms with Crippen LogP contribution in [0.5, 0.6) is 0 Å². The summed E-state index contributed by atoms with van der Waals surface area (Å²) in [7, 11) is 0. The Morgan fingerprint density at radius 1 is 1.25 bits per heavy atom. The quantitative estimate of drug-likeness (QED) is 0.526. The van der Waals surface area contributed by atoms with Gasteiger partial charge in [-0.3, -0.25) is 15.4 Å². The summed E-state index contributed by atoms with van der Waals surface area (Å²) >= 11 is 0. The standard InChI is InChI=1S/C17H25N5O2/c1-4-7-14-12-17(5-2,18-6-3)21-16(20-14)19-13-8-10-15(11-9-13)22(23)24/h8-12,18H,4-7H2,1-3H3,(H2,19,20,21). The number of anilines is 1. The predicted molar refractivity (Wildman–Crippen MR) is 97.0 cm³/mol. The highest BCUT2D eigenvalue weighted by molar-refractivity contribution is 5.95. The first kappa shape index (κ1) is 17.9. The molecule has 1 aromatic carbocycles. The van der Waals surface area contributed by atoms with Crippen LogP contribution in [0.15, 0.2) is 41.0 Å². The first-order valence-electron chi connectivity index (χ1n) is 8.37. The Balaban J connectivity index is 2.22. The van der Waals surface area contributed by atoms with E-state index >= 15 is 0 Å². The number of benzene rings is 1. The molecule has 1 aliphatic rings. The number of nitrogens with one attached hydrogen (secondary N) is 3. The molecule has 0 aliphatic carbocycles. The van der Waals surface area contributed by atoms with Crippen molar-refractivity contribution < 1.29 is 4.92 Å². The zero-order valence-electron chi connectivity index (χ0n) is 14.4. The molecule has 0 spiro atoms. The van der Waals surface area contributed by atoms with Gasteiger partial charge < -0.3 is 10.6 Å². The van der Waals surface area contributed by atoms with Crippen molar-refractivity contribution in [2.24, 2.45) is 4.99 Å². The Kier molecular flexibility index (Phi) is 5.92. The molecular formula is C17H25N5O2. The van der Waals surface area contributed by atoms with Crippen LogP contribution in [0.1, 0.15) is 40.0 Å². The summed E-state index contributed by atoms with van der Waals surface area (Å²) in [6, 6.07) is 6.32. The molecule has 0 saturated carbocycles. The van der Waals surface area contributed by atoms with Crippen molar-refractivity contribution in [2.75, 3.05) is 11.9 Å². The lowest BCUT2D eigenvalue weighted by molar-refractivity contribution is -0.384. The van der Waals surface area contributed by atoms with Gasteiger partial charge in [-0.2, -0.15) is 0 Å². The minimum absolute atomic E-state index is 0.0706. The van der Waals surface area contributed by atoms with Crippen LogP contribution in [-0.2, 0) is 0 Å². The normalized spacial score (nSPS) is 20.0. The average Bonchev–Trinajstić information content (AvgIpc) is 2.55. The number of likely N-dealkylation sites (N-methyl/N-ethyl adjacent to an activating group) is 1. The van der Waals surface area contributed by atoms with E-state index in [1.165, 1.54) is 12.1 Å². The maximum atomic E-state index is 10.7. The second-order valence-corrected chi connectivity index (χ2v) is 5.74.